The van der Waals surface area contributed by atoms with Gasteiger partial charge in [-0.15, -0.1) is 24.0 Å². The van der Waals surface area contributed by atoms with Gasteiger partial charge in [-0.2, -0.15) is 0 Å². The van der Waals surface area contributed by atoms with Crippen molar-refractivity contribution in [2.75, 3.05) is 39.8 Å². The number of benzene rings is 1. The number of hydrogen-bond donors (Lipinski definition) is 2. The van der Waals surface area contributed by atoms with Gasteiger partial charge in [0.15, 0.2) is 5.96 Å². The molecule has 1 fully saturated rings. The second-order valence-electron chi connectivity index (χ2n) is 7.20. The molecule has 1 aromatic rings. The third kappa shape index (κ3) is 9.80. The summed E-state index contributed by atoms with van der Waals surface area (Å²) >= 11 is 0. The van der Waals surface area contributed by atoms with Crippen LogP contribution in [-0.2, 0) is 9.53 Å². The topological polar surface area (TPSA) is 66.0 Å². The van der Waals surface area contributed by atoms with Crippen molar-refractivity contribution in [1.82, 2.24) is 15.5 Å². The predicted molar refractivity (Wildman–Crippen MR) is 130 cm³/mol. The summed E-state index contributed by atoms with van der Waals surface area (Å²) in [5, 5.41) is 6.77. The molecule has 0 amide bonds. The summed E-state index contributed by atoms with van der Waals surface area (Å²) in [6, 6.07) is 11.0. The van der Waals surface area contributed by atoms with Gasteiger partial charge in [0.2, 0.25) is 0 Å². The van der Waals surface area contributed by atoms with E-state index in [-0.39, 0.29) is 29.9 Å². The molecule has 1 unspecified atom stereocenters. The van der Waals surface area contributed by atoms with E-state index in [2.05, 4.69) is 57.5 Å². The minimum Gasteiger partial charge on any atom is -0.469 e. The molecule has 1 aromatic carbocycles. The fourth-order valence-electron chi connectivity index (χ4n) is 3.56. The number of likely N-dealkylation sites (tertiary alicyclic amines) is 1. The van der Waals surface area contributed by atoms with Crippen molar-refractivity contribution in [3.8, 4) is 0 Å². The van der Waals surface area contributed by atoms with Crippen molar-refractivity contribution >= 4 is 35.9 Å². The Labute approximate surface area is 192 Å². The van der Waals surface area contributed by atoms with Crippen LogP contribution in [0.5, 0.6) is 0 Å². The maximum atomic E-state index is 11.1. The number of rotatable bonds is 11. The maximum absolute atomic E-state index is 11.1. The van der Waals surface area contributed by atoms with Crippen LogP contribution in [0.1, 0.15) is 57.1 Å². The summed E-state index contributed by atoms with van der Waals surface area (Å²) in [4.78, 5) is 18.6. The van der Waals surface area contributed by atoms with Crippen molar-refractivity contribution in [2.45, 2.75) is 51.5 Å². The number of hydrogen-bond acceptors (Lipinski definition) is 4. The van der Waals surface area contributed by atoms with E-state index in [1.54, 1.807) is 0 Å². The zero-order chi connectivity index (χ0) is 20.0. The molecule has 7 heteroatoms. The summed E-state index contributed by atoms with van der Waals surface area (Å²) in [7, 11) is 1.44. The largest absolute Gasteiger partial charge is 0.469 e. The average Bonchev–Trinajstić information content (AvgIpc) is 3.25. The zero-order valence-electron chi connectivity index (χ0n) is 17.9. The zero-order valence-corrected chi connectivity index (χ0v) is 20.2. The number of methoxy groups -OCH3 is 1. The first kappa shape index (κ1) is 25.7. The van der Waals surface area contributed by atoms with Crippen LogP contribution in [0.4, 0.5) is 0 Å². The molecule has 0 aromatic heterocycles. The lowest BCUT2D eigenvalue weighted by Gasteiger charge is -2.27. The number of carbonyl (C=O) groups is 1. The van der Waals surface area contributed by atoms with Crippen molar-refractivity contribution < 1.29 is 9.53 Å². The van der Waals surface area contributed by atoms with Crippen molar-refractivity contribution in [3.63, 3.8) is 0 Å². The molecule has 164 valence electrons. The maximum Gasteiger partial charge on any atom is 0.305 e. The minimum atomic E-state index is -0.128. The molecule has 0 saturated carbocycles. The van der Waals surface area contributed by atoms with E-state index in [0.717, 1.165) is 57.9 Å². The molecule has 0 radical (unpaired) electrons. The number of esters is 1. The van der Waals surface area contributed by atoms with E-state index in [1.165, 1.54) is 25.5 Å². The number of nitrogens with zero attached hydrogens (tertiary/aromatic N) is 2. The van der Waals surface area contributed by atoms with E-state index in [9.17, 15) is 4.79 Å². The smallest absolute Gasteiger partial charge is 0.305 e. The number of carbonyl (C=O) groups excluding carboxylic acids is 1. The van der Waals surface area contributed by atoms with Crippen LogP contribution in [0, 0.1) is 0 Å². The molecule has 2 N–H and O–H groups in total. The lowest BCUT2D eigenvalue weighted by Crippen LogP contribution is -2.38. The Hall–Kier alpha value is -1.35. The van der Waals surface area contributed by atoms with Crippen LogP contribution < -0.4 is 10.6 Å². The highest BCUT2D eigenvalue weighted by Gasteiger charge is 2.23. The second kappa shape index (κ2) is 15.5. The van der Waals surface area contributed by atoms with Gasteiger partial charge in [0.25, 0.3) is 0 Å². The molecular weight excluding hydrogens is 479 g/mol. The number of nitrogens with one attached hydrogen (secondary N) is 2. The summed E-state index contributed by atoms with van der Waals surface area (Å²) in [5.74, 6) is 0.743. The van der Waals surface area contributed by atoms with E-state index < -0.39 is 0 Å². The molecule has 1 saturated heterocycles. The van der Waals surface area contributed by atoms with Crippen LogP contribution in [0.15, 0.2) is 35.3 Å². The van der Waals surface area contributed by atoms with Crippen molar-refractivity contribution in [1.29, 1.82) is 0 Å². The Morgan fingerprint density at radius 1 is 1.14 bits per heavy atom. The molecule has 0 bridgehead atoms. The first-order valence-electron chi connectivity index (χ1n) is 10.6. The summed E-state index contributed by atoms with van der Waals surface area (Å²) in [6.07, 6.45) is 5.93. The third-order valence-electron chi connectivity index (χ3n) is 5.11. The number of ether oxygens (including phenoxy) is 1. The lowest BCUT2D eigenvalue weighted by molar-refractivity contribution is -0.140. The van der Waals surface area contributed by atoms with Gasteiger partial charge in [-0.05, 0) is 51.3 Å². The lowest BCUT2D eigenvalue weighted by atomic mass is 10.1. The standard InChI is InChI=1S/C22H36N4O2.HI/c1-3-23-22(24-15-9-5-8-14-21(27)28-2)25-18-20(26-16-10-11-17-26)19-12-6-4-7-13-19;/h4,6-7,12-13,20H,3,5,8-11,14-18H2,1-2H3,(H2,23,24,25);1H. The molecular formula is C22H37IN4O2. The van der Waals surface area contributed by atoms with Gasteiger partial charge in [-0.3, -0.25) is 14.7 Å². The van der Waals surface area contributed by atoms with Gasteiger partial charge in [0.05, 0.1) is 19.7 Å². The molecule has 1 aliphatic heterocycles. The highest BCUT2D eigenvalue weighted by atomic mass is 127. The molecule has 6 nitrogen and oxygen atoms in total. The average molecular weight is 516 g/mol. The predicted octanol–water partition coefficient (Wildman–Crippen LogP) is 3.73. The molecule has 1 aliphatic rings. The van der Waals surface area contributed by atoms with Crippen molar-refractivity contribution in [3.05, 3.63) is 35.9 Å². The number of aliphatic imine (C=N–C) groups is 1. The second-order valence-corrected chi connectivity index (χ2v) is 7.20. The summed E-state index contributed by atoms with van der Waals surface area (Å²) in [6.45, 7) is 6.84. The Morgan fingerprint density at radius 2 is 1.86 bits per heavy atom. The Kier molecular flexibility index (Phi) is 13.7. The Balaban J connectivity index is 0.00000420. The van der Waals surface area contributed by atoms with Crippen LogP contribution in [0.3, 0.4) is 0 Å². The van der Waals surface area contributed by atoms with Gasteiger partial charge < -0.3 is 15.4 Å². The van der Waals surface area contributed by atoms with Gasteiger partial charge in [-0.1, -0.05) is 36.8 Å². The quantitative estimate of drug-likeness (QED) is 0.154. The summed E-state index contributed by atoms with van der Waals surface area (Å²) < 4.78 is 4.67. The molecule has 0 spiro atoms. The monoisotopic (exact) mass is 516 g/mol. The molecule has 0 aliphatic carbocycles. The first-order valence-corrected chi connectivity index (χ1v) is 10.6. The van der Waals surface area contributed by atoms with E-state index in [1.807, 2.05) is 0 Å². The highest BCUT2D eigenvalue weighted by molar-refractivity contribution is 14.0. The van der Waals surface area contributed by atoms with E-state index >= 15 is 0 Å². The van der Waals surface area contributed by atoms with Crippen LogP contribution >= 0.6 is 24.0 Å². The van der Waals surface area contributed by atoms with Gasteiger partial charge in [0, 0.05) is 19.5 Å². The van der Waals surface area contributed by atoms with Gasteiger partial charge in [-0.25, -0.2) is 0 Å². The fourth-order valence-corrected chi connectivity index (χ4v) is 3.56. The number of halogens is 1. The molecule has 29 heavy (non-hydrogen) atoms. The van der Waals surface area contributed by atoms with Gasteiger partial charge >= 0.3 is 5.97 Å². The van der Waals surface area contributed by atoms with Gasteiger partial charge in [0.1, 0.15) is 0 Å². The third-order valence-corrected chi connectivity index (χ3v) is 5.11. The van der Waals surface area contributed by atoms with Crippen LogP contribution in [-0.4, -0.2) is 56.7 Å². The van der Waals surface area contributed by atoms with Crippen molar-refractivity contribution in [2.24, 2.45) is 4.99 Å². The minimum absolute atomic E-state index is 0. The fraction of sp³-hybridized carbons (Fsp3) is 0.636. The van der Waals surface area contributed by atoms with E-state index in [0.29, 0.717) is 12.5 Å². The normalized spacial score (nSPS) is 15.4. The Bertz CT molecular complexity index is 592. The number of unbranched alkanes of at least 4 members (excludes halogenated alkanes) is 2. The highest BCUT2D eigenvalue weighted by Crippen LogP contribution is 2.25. The Morgan fingerprint density at radius 3 is 2.52 bits per heavy atom. The molecule has 1 heterocycles. The molecule has 1 atom stereocenters. The SMILES string of the molecule is CCNC(=NCC(c1ccccc1)N1CCCC1)NCCCCCC(=O)OC.I. The van der Waals surface area contributed by atoms with Crippen LogP contribution in [0.2, 0.25) is 0 Å². The summed E-state index contributed by atoms with van der Waals surface area (Å²) in [5.41, 5.74) is 1.34. The number of guanidine groups is 1. The first-order chi connectivity index (χ1) is 13.7. The molecule has 2 rings (SSSR count). The van der Waals surface area contributed by atoms with Crippen LogP contribution in [0.25, 0.3) is 0 Å². The van der Waals surface area contributed by atoms with E-state index in [4.69, 9.17) is 4.99 Å².